The zero-order valence-electron chi connectivity index (χ0n) is 15.2. The molecule has 1 heterocycles. The fourth-order valence-corrected chi connectivity index (χ4v) is 2.50. The average molecular weight is 364 g/mol. The van der Waals surface area contributed by atoms with Crippen LogP contribution in [0.3, 0.4) is 0 Å². The fraction of sp³-hybridized carbons (Fsp3) is 0.143. The summed E-state index contributed by atoms with van der Waals surface area (Å²) in [5.74, 6) is 0.895. The van der Waals surface area contributed by atoms with Crippen molar-refractivity contribution in [1.29, 1.82) is 0 Å². The number of methoxy groups -OCH3 is 2. The molecule has 0 aliphatic carbocycles. The molecule has 27 heavy (non-hydrogen) atoms. The Labute approximate surface area is 157 Å². The van der Waals surface area contributed by atoms with Crippen LogP contribution in [-0.4, -0.2) is 30.0 Å². The Kier molecular flexibility index (Phi) is 5.89. The smallest absolute Gasteiger partial charge is 0.331 e. The van der Waals surface area contributed by atoms with Gasteiger partial charge in [0, 0.05) is 24.0 Å². The van der Waals surface area contributed by atoms with Crippen LogP contribution in [-0.2, 0) is 16.1 Å². The quantitative estimate of drug-likeness (QED) is 0.473. The first-order chi connectivity index (χ1) is 13.2. The molecule has 0 atom stereocenters. The molecule has 6 heteroatoms. The van der Waals surface area contributed by atoms with Gasteiger partial charge in [-0.3, -0.25) is 0 Å². The topological polar surface area (TPSA) is 62.6 Å². The number of aromatic nitrogens is 2. The predicted molar refractivity (Wildman–Crippen MR) is 102 cm³/mol. The van der Waals surface area contributed by atoms with Gasteiger partial charge in [0.15, 0.2) is 0 Å². The highest BCUT2D eigenvalue weighted by Gasteiger charge is 2.04. The molecule has 0 spiro atoms. The Morgan fingerprint density at radius 1 is 1.11 bits per heavy atom. The SMILES string of the molecule is COc1ccc(OC)c(C=CC(=O)OCc2ccc(-n3cccn3)cc2)c1. The van der Waals surface area contributed by atoms with Crippen LogP contribution < -0.4 is 9.47 Å². The molecule has 0 saturated carbocycles. The molecule has 0 bridgehead atoms. The molecule has 0 unspecified atom stereocenters. The van der Waals surface area contributed by atoms with Crippen LogP contribution in [0.5, 0.6) is 11.5 Å². The second-order valence-corrected chi connectivity index (χ2v) is 5.67. The number of benzene rings is 2. The lowest BCUT2D eigenvalue weighted by Gasteiger charge is -2.07. The van der Waals surface area contributed by atoms with Gasteiger partial charge in [-0.2, -0.15) is 5.10 Å². The highest BCUT2D eigenvalue weighted by atomic mass is 16.5. The van der Waals surface area contributed by atoms with Gasteiger partial charge < -0.3 is 14.2 Å². The Hall–Kier alpha value is -3.54. The van der Waals surface area contributed by atoms with E-state index in [9.17, 15) is 4.79 Å². The van der Waals surface area contributed by atoms with Crippen molar-refractivity contribution >= 4 is 12.0 Å². The summed E-state index contributed by atoms with van der Waals surface area (Å²) in [5, 5.41) is 4.17. The molecule has 3 rings (SSSR count). The van der Waals surface area contributed by atoms with Gasteiger partial charge in [-0.1, -0.05) is 12.1 Å². The van der Waals surface area contributed by atoms with E-state index in [0.29, 0.717) is 11.5 Å². The maximum absolute atomic E-state index is 12.0. The third-order valence-electron chi connectivity index (χ3n) is 3.92. The van der Waals surface area contributed by atoms with E-state index in [2.05, 4.69) is 5.10 Å². The van der Waals surface area contributed by atoms with Crippen molar-refractivity contribution in [3.05, 3.63) is 78.1 Å². The van der Waals surface area contributed by atoms with E-state index in [0.717, 1.165) is 16.8 Å². The van der Waals surface area contributed by atoms with Gasteiger partial charge in [0.05, 0.1) is 19.9 Å². The summed E-state index contributed by atoms with van der Waals surface area (Å²) in [6.45, 7) is 0.192. The van der Waals surface area contributed by atoms with Crippen LogP contribution in [0, 0.1) is 0 Å². The van der Waals surface area contributed by atoms with Crippen molar-refractivity contribution in [3.63, 3.8) is 0 Å². The maximum Gasteiger partial charge on any atom is 0.331 e. The molecule has 0 amide bonds. The predicted octanol–water partition coefficient (Wildman–Crippen LogP) is 3.65. The fourth-order valence-electron chi connectivity index (χ4n) is 2.50. The molecule has 0 N–H and O–H groups in total. The van der Waals surface area contributed by atoms with Crippen LogP contribution in [0.4, 0.5) is 0 Å². The minimum atomic E-state index is -0.434. The Morgan fingerprint density at radius 3 is 2.59 bits per heavy atom. The Bertz CT molecular complexity index is 916. The first kappa shape index (κ1) is 18.3. The van der Waals surface area contributed by atoms with E-state index in [1.54, 1.807) is 49.4 Å². The van der Waals surface area contributed by atoms with Crippen LogP contribution in [0.25, 0.3) is 11.8 Å². The van der Waals surface area contributed by atoms with Crippen molar-refractivity contribution < 1.29 is 19.0 Å². The molecule has 0 aliphatic rings. The molecule has 3 aromatic rings. The number of hydrogen-bond donors (Lipinski definition) is 0. The Balaban J connectivity index is 1.59. The third-order valence-corrected chi connectivity index (χ3v) is 3.92. The number of carbonyl (C=O) groups is 1. The molecule has 0 radical (unpaired) electrons. The van der Waals surface area contributed by atoms with Crippen molar-refractivity contribution in [1.82, 2.24) is 9.78 Å². The molecular formula is C21H20N2O4. The van der Waals surface area contributed by atoms with Crippen LogP contribution in [0.15, 0.2) is 67.0 Å². The number of ether oxygens (including phenoxy) is 3. The van der Waals surface area contributed by atoms with E-state index >= 15 is 0 Å². The van der Waals surface area contributed by atoms with E-state index in [1.807, 2.05) is 36.5 Å². The molecular weight excluding hydrogens is 344 g/mol. The molecule has 6 nitrogen and oxygen atoms in total. The standard InChI is InChI=1S/C21H20N2O4/c1-25-19-9-10-20(26-2)17(14-19)6-11-21(24)27-15-16-4-7-18(8-5-16)23-13-3-12-22-23/h3-14H,15H2,1-2H3. The summed E-state index contributed by atoms with van der Waals surface area (Å²) < 4.78 is 17.5. The van der Waals surface area contributed by atoms with Crippen LogP contribution in [0.1, 0.15) is 11.1 Å². The van der Waals surface area contributed by atoms with Gasteiger partial charge >= 0.3 is 5.97 Å². The molecule has 0 fully saturated rings. The summed E-state index contributed by atoms with van der Waals surface area (Å²) in [4.78, 5) is 12.0. The summed E-state index contributed by atoms with van der Waals surface area (Å²) in [6, 6.07) is 14.9. The summed E-state index contributed by atoms with van der Waals surface area (Å²) in [5.41, 5.74) is 2.57. The normalized spacial score (nSPS) is 10.7. The largest absolute Gasteiger partial charge is 0.497 e. The van der Waals surface area contributed by atoms with Crippen LogP contribution >= 0.6 is 0 Å². The highest BCUT2D eigenvalue weighted by molar-refractivity contribution is 5.87. The lowest BCUT2D eigenvalue weighted by molar-refractivity contribution is -0.138. The molecule has 0 aliphatic heterocycles. The van der Waals surface area contributed by atoms with Gasteiger partial charge in [0.2, 0.25) is 0 Å². The molecule has 1 aromatic heterocycles. The summed E-state index contributed by atoms with van der Waals surface area (Å²) in [7, 11) is 3.16. The number of esters is 1. The number of nitrogens with zero attached hydrogens (tertiary/aromatic N) is 2. The lowest BCUT2D eigenvalue weighted by Crippen LogP contribution is -2.01. The molecule has 138 valence electrons. The summed E-state index contributed by atoms with van der Waals surface area (Å²) >= 11 is 0. The van der Waals surface area contributed by atoms with Gasteiger partial charge in [0.1, 0.15) is 18.1 Å². The molecule has 0 saturated heterocycles. The zero-order chi connectivity index (χ0) is 19.1. The maximum atomic E-state index is 12.0. The van der Waals surface area contributed by atoms with Crippen molar-refractivity contribution in [2.24, 2.45) is 0 Å². The number of hydrogen-bond acceptors (Lipinski definition) is 5. The minimum Gasteiger partial charge on any atom is -0.497 e. The monoisotopic (exact) mass is 364 g/mol. The first-order valence-electron chi connectivity index (χ1n) is 8.35. The second kappa shape index (κ2) is 8.71. The third kappa shape index (κ3) is 4.76. The van der Waals surface area contributed by atoms with Crippen LogP contribution in [0.2, 0.25) is 0 Å². The van der Waals surface area contributed by atoms with Crippen molar-refractivity contribution in [3.8, 4) is 17.2 Å². The number of rotatable bonds is 7. The first-order valence-corrected chi connectivity index (χ1v) is 8.35. The van der Waals surface area contributed by atoms with E-state index < -0.39 is 5.97 Å². The lowest BCUT2D eigenvalue weighted by atomic mass is 10.1. The van der Waals surface area contributed by atoms with E-state index in [4.69, 9.17) is 14.2 Å². The summed E-state index contributed by atoms with van der Waals surface area (Å²) in [6.07, 6.45) is 6.60. The van der Waals surface area contributed by atoms with E-state index in [-0.39, 0.29) is 6.61 Å². The number of carbonyl (C=O) groups excluding carboxylic acids is 1. The Morgan fingerprint density at radius 2 is 1.93 bits per heavy atom. The minimum absolute atomic E-state index is 0.192. The van der Waals surface area contributed by atoms with Gasteiger partial charge in [0.25, 0.3) is 0 Å². The van der Waals surface area contributed by atoms with E-state index in [1.165, 1.54) is 6.08 Å². The molecule has 2 aromatic carbocycles. The average Bonchev–Trinajstić information content (AvgIpc) is 3.25. The van der Waals surface area contributed by atoms with Gasteiger partial charge in [-0.15, -0.1) is 0 Å². The van der Waals surface area contributed by atoms with Gasteiger partial charge in [-0.05, 0) is 48.0 Å². The highest BCUT2D eigenvalue weighted by Crippen LogP contribution is 2.25. The zero-order valence-corrected chi connectivity index (χ0v) is 15.2. The van der Waals surface area contributed by atoms with Crippen molar-refractivity contribution in [2.45, 2.75) is 6.61 Å². The second-order valence-electron chi connectivity index (χ2n) is 5.67. The van der Waals surface area contributed by atoms with Crippen molar-refractivity contribution in [2.75, 3.05) is 14.2 Å². The van der Waals surface area contributed by atoms with Gasteiger partial charge in [-0.25, -0.2) is 9.48 Å².